The van der Waals surface area contributed by atoms with Crippen molar-refractivity contribution in [3.63, 3.8) is 0 Å². The maximum Gasteiger partial charge on any atom is 0.260 e. The Labute approximate surface area is 160 Å². The van der Waals surface area contributed by atoms with Gasteiger partial charge in [-0.25, -0.2) is 0 Å². The number of nitrogens with one attached hydrogen (secondary N) is 1. The van der Waals surface area contributed by atoms with E-state index in [1.165, 1.54) is 30.6 Å². The first-order chi connectivity index (χ1) is 13.0. The van der Waals surface area contributed by atoms with Gasteiger partial charge in [0.1, 0.15) is 16.5 Å². The van der Waals surface area contributed by atoms with E-state index in [1.54, 1.807) is 12.1 Å². The third-order valence-electron chi connectivity index (χ3n) is 3.95. The summed E-state index contributed by atoms with van der Waals surface area (Å²) in [6.07, 6.45) is 0.620. The summed E-state index contributed by atoms with van der Waals surface area (Å²) in [5.41, 5.74) is 6.85. The van der Waals surface area contributed by atoms with E-state index in [-0.39, 0.29) is 16.9 Å². The summed E-state index contributed by atoms with van der Waals surface area (Å²) in [6, 6.07) is 15.8. The van der Waals surface area contributed by atoms with Crippen molar-refractivity contribution in [1.82, 2.24) is 0 Å². The third kappa shape index (κ3) is 4.27. The van der Waals surface area contributed by atoms with Crippen molar-refractivity contribution in [1.29, 1.82) is 0 Å². The first-order valence-corrected chi connectivity index (χ1v) is 8.94. The number of benzene rings is 2. The summed E-state index contributed by atoms with van der Waals surface area (Å²) < 4.78 is 5.01. The number of primary amides is 1. The zero-order chi connectivity index (χ0) is 19.4. The normalized spacial score (nSPS) is 10.4. The molecule has 0 fully saturated rings. The van der Waals surface area contributed by atoms with Gasteiger partial charge in [-0.05, 0) is 23.8 Å². The highest BCUT2D eigenvalue weighted by molar-refractivity contribution is 7.16. The zero-order valence-corrected chi connectivity index (χ0v) is 15.4. The average molecular weight is 382 g/mol. The minimum absolute atomic E-state index is 0.0734. The van der Waals surface area contributed by atoms with E-state index in [0.717, 1.165) is 10.4 Å². The molecule has 3 rings (SSSR count). The zero-order valence-electron chi connectivity index (χ0n) is 14.6. The number of phenols is 1. The quantitative estimate of drug-likeness (QED) is 0.608. The number of anilines is 1. The van der Waals surface area contributed by atoms with Crippen molar-refractivity contribution in [2.45, 2.75) is 6.42 Å². The highest BCUT2D eigenvalue weighted by Gasteiger charge is 2.19. The predicted molar refractivity (Wildman–Crippen MR) is 105 cm³/mol. The second kappa shape index (κ2) is 7.92. The minimum Gasteiger partial charge on any atom is -0.507 e. The lowest BCUT2D eigenvalue weighted by Crippen LogP contribution is -2.16. The van der Waals surface area contributed by atoms with Crippen molar-refractivity contribution < 1.29 is 19.4 Å². The maximum absolute atomic E-state index is 12.5. The molecule has 0 aliphatic carbocycles. The van der Waals surface area contributed by atoms with Gasteiger partial charge >= 0.3 is 0 Å². The molecule has 0 bridgehead atoms. The molecule has 0 radical (unpaired) electrons. The summed E-state index contributed by atoms with van der Waals surface area (Å²) in [5, 5.41) is 13.0. The second-order valence-corrected chi connectivity index (χ2v) is 6.96. The van der Waals surface area contributed by atoms with Crippen molar-refractivity contribution in [2.24, 2.45) is 5.73 Å². The Bertz CT molecular complexity index is 983. The summed E-state index contributed by atoms with van der Waals surface area (Å²) in [6.45, 7) is 0. The van der Waals surface area contributed by atoms with E-state index in [9.17, 15) is 14.7 Å². The number of amides is 2. The smallest absolute Gasteiger partial charge is 0.260 e. The number of hydrogen-bond acceptors (Lipinski definition) is 5. The predicted octanol–water partition coefficient (Wildman–Crippen LogP) is 3.40. The minimum atomic E-state index is -0.625. The molecule has 0 atom stereocenters. The molecule has 1 heterocycles. The molecule has 6 nitrogen and oxygen atoms in total. The van der Waals surface area contributed by atoms with Crippen molar-refractivity contribution in [2.75, 3.05) is 12.4 Å². The second-order valence-electron chi connectivity index (χ2n) is 5.82. The molecule has 4 N–H and O–H groups in total. The number of methoxy groups -OCH3 is 1. The number of hydrogen-bond donors (Lipinski definition) is 3. The number of ether oxygens (including phenoxy) is 1. The van der Waals surface area contributed by atoms with Gasteiger partial charge in [0.25, 0.3) is 11.8 Å². The Morgan fingerprint density at radius 3 is 2.48 bits per heavy atom. The van der Waals surface area contributed by atoms with Gasteiger partial charge in [-0.1, -0.05) is 30.3 Å². The molecular weight excluding hydrogens is 364 g/mol. The van der Waals surface area contributed by atoms with E-state index in [1.807, 2.05) is 30.3 Å². The van der Waals surface area contributed by atoms with E-state index >= 15 is 0 Å². The standard InChI is InChI=1S/C20H18N2O4S/c1-26-13-7-8-15(17(23)10-13)19(25)22-20-16(18(21)24)11-14(27-20)9-12-5-3-2-4-6-12/h2-8,10-11,23H,9H2,1H3,(H2,21,24)(H,22,25). The van der Waals surface area contributed by atoms with Gasteiger partial charge in [0.05, 0.1) is 18.2 Å². The van der Waals surface area contributed by atoms with Crippen LogP contribution in [0.3, 0.4) is 0 Å². The lowest BCUT2D eigenvalue weighted by molar-refractivity contribution is 0.100. The van der Waals surface area contributed by atoms with Crippen molar-refractivity contribution in [3.8, 4) is 11.5 Å². The van der Waals surface area contributed by atoms with E-state index in [0.29, 0.717) is 17.2 Å². The molecule has 0 unspecified atom stereocenters. The van der Waals surface area contributed by atoms with Crippen LogP contribution in [0, 0.1) is 0 Å². The molecule has 0 saturated heterocycles. The average Bonchev–Trinajstić information content (AvgIpc) is 3.04. The number of aromatic hydroxyl groups is 1. The van der Waals surface area contributed by atoms with Gasteiger partial charge in [-0.3, -0.25) is 9.59 Å². The first kappa shape index (κ1) is 18.5. The Morgan fingerprint density at radius 1 is 1.11 bits per heavy atom. The molecule has 138 valence electrons. The fraction of sp³-hybridized carbons (Fsp3) is 0.100. The van der Waals surface area contributed by atoms with E-state index in [2.05, 4.69) is 5.32 Å². The Morgan fingerprint density at radius 2 is 1.85 bits per heavy atom. The number of thiophene rings is 1. The lowest BCUT2D eigenvalue weighted by atomic mass is 10.1. The lowest BCUT2D eigenvalue weighted by Gasteiger charge is -2.08. The maximum atomic E-state index is 12.5. The number of phenolic OH excluding ortho intramolecular Hbond substituents is 1. The van der Waals surface area contributed by atoms with Gasteiger partial charge in [0.15, 0.2) is 0 Å². The van der Waals surface area contributed by atoms with Crippen LogP contribution in [-0.2, 0) is 6.42 Å². The first-order valence-electron chi connectivity index (χ1n) is 8.12. The van der Waals surface area contributed by atoms with E-state index < -0.39 is 11.8 Å². The fourth-order valence-corrected chi connectivity index (χ4v) is 3.69. The van der Waals surface area contributed by atoms with Crippen LogP contribution in [-0.4, -0.2) is 24.0 Å². The van der Waals surface area contributed by atoms with Crippen LogP contribution in [0.5, 0.6) is 11.5 Å². The molecular formula is C20H18N2O4S. The summed E-state index contributed by atoms with van der Waals surface area (Å²) >= 11 is 1.28. The monoisotopic (exact) mass is 382 g/mol. The molecule has 0 saturated carbocycles. The molecule has 2 amide bonds. The van der Waals surface area contributed by atoms with Crippen LogP contribution in [0.15, 0.2) is 54.6 Å². The highest BCUT2D eigenvalue weighted by Crippen LogP contribution is 2.31. The van der Waals surface area contributed by atoms with Crippen molar-refractivity contribution in [3.05, 3.63) is 76.2 Å². The molecule has 0 aliphatic heterocycles. The number of rotatable bonds is 6. The Hall–Kier alpha value is -3.32. The van der Waals surface area contributed by atoms with Crippen LogP contribution in [0.2, 0.25) is 0 Å². The van der Waals surface area contributed by atoms with Crippen LogP contribution >= 0.6 is 11.3 Å². The molecule has 0 spiro atoms. The van der Waals surface area contributed by atoms with Crippen LogP contribution in [0.1, 0.15) is 31.2 Å². The summed E-state index contributed by atoms with van der Waals surface area (Å²) in [5.74, 6) is -0.942. The van der Waals surface area contributed by atoms with Crippen LogP contribution in [0.4, 0.5) is 5.00 Å². The Kier molecular flexibility index (Phi) is 5.42. The van der Waals surface area contributed by atoms with Gasteiger partial charge in [0.2, 0.25) is 0 Å². The van der Waals surface area contributed by atoms with Crippen LogP contribution in [0.25, 0.3) is 0 Å². The summed E-state index contributed by atoms with van der Waals surface area (Å²) in [4.78, 5) is 25.2. The van der Waals surface area contributed by atoms with E-state index in [4.69, 9.17) is 10.5 Å². The topological polar surface area (TPSA) is 102 Å². The molecule has 7 heteroatoms. The van der Waals surface area contributed by atoms with Gasteiger partial charge < -0.3 is 20.9 Å². The van der Waals surface area contributed by atoms with Gasteiger partial charge in [-0.2, -0.15) is 0 Å². The highest BCUT2D eigenvalue weighted by atomic mass is 32.1. The third-order valence-corrected chi connectivity index (χ3v) is 5.00. The number of carbonyl (C=O) groups excluding carboxylic acids is 2. The molecule has 3 aromatic rings. The van der Waals surface area contributed by atoms with Crippen LogP contribution < -0.4 is 15.8 Å². The van der Waals surface area contributed by atoms with Gasteiger partial charge in [-0.15, -0.1) is 11.3 Å². The number of nitrogens with two attached hydrogens (primary N) is 1. The number of carbonyl (C=O) groups is 2. The largest absolute Gasteiger partial charge is 0.507 e. The Balaban J connectivity index is 1.85. The molecule has 2 aromatic carbocycles. The van der Waals surface area contributed by atoms with Crippen molar-refractivity contribution >= 4 is 28.2 Å². The molecule has 1 aromatic heterocycles. The fourth-order valence-electron chi connectivity index (χ4n) is 2.60. The molecule has 0 aliphatic rings. The SMILES string of the molecule is COc1ccc(C(=O)Nc2sc(Cc3ccccc3)cc2C(N)=O)c(O)c1. The van der Waals surface area contributed by atoms with Gasteiger partial charge in [0, 0.05) is 17.4 Å². The summed E-state index contributed by atoms with van der Waals surface area (Å²) in [7, 11) is 1.47. The molecule has 27 heavy (non-hydrogen) atoms.